The number of hydrogen-bond acceptors (Lipinski definition) is 7. The van der Waals surface area contributed by atoms with Crippen molar-refractivity contribution in [1.29, 1.82) is 0 Å². The molecule has 0 radical (unpaired) electrons. The molecule has 0 amide bonds. The number of anilines is 1. The summed E-state index contributed by atoms with van der Waals surface area (Å²) in [6, 6.07) is 8.69. The maximum atomic E-state index is 16.7. The van der Waals surface area contributed by atoms with Crippen LogP contribution in [0.3, 0.4) is 0 Å². The molecule has 0 bridgehead atoms. The van der Waals surface area contributed by atoms with Gasteiger partial charge in [-0.3, -0.25) is 4.90 Å². The number of rotatable bonds is 5. The minimum atomic E-state index is -0.964. The van der Waals surface area contributed by atoms with E-state index in [0.29, 0.717) is 54.3 Å². The van der Waals surface area contributed by atoms with E-state index >= 15 is 4.39 Å². The van der Waals surface area contributed by atoms with Crippen LogP contribution in [0.1, 0.15) is 44.6 Å². The average molecular weight is 603 g/mol. The third kappa shape index (κ3) is 4.79. The molecule has 0 aliphatic carbocycles. The normalized spacial score (nSPS) is 25.5. The van der Waals surface area contributed by atoms with E-state index in [1.165, 1.54) is 24.3 Å². The number of ether oxygens (including phenoxy) is 1. The van der Waals surface area contributed by atoms with Crippen molar-refractivity contribution < 1.29 is 28.1 Å². The van der Waals surface area contributed by atoms with Gasteiger partial charge < -0.3 is 19.8 Å². The van der Waals surface area contributed by atoms with Gasteiger partial charge in [-0.05, 0) is 74.4 Å². The van der Waals surface area contributed by atoms with Crippen molar-refractivity contribution in [2.45, 2.75) is 56.3 Å². The Bertz CT molecular complexity index is 1840. The first-order chi connectivity index (χ1) is 21.1. The van der Waals surface area contributed by atoms with E-state index in [-0.39, 0.29) is 47.1 Å². The van der Waals surface area contributed by atoms with Crippen LogP contribution in [0.15, 0.2) is 36.4 Å². The van der Waals surface area contributed by atoms with Gasteiger partial charge in [0, 0.05) is 42.4 Å². The number of benzene rings is 3. The largest absolute Gasteiger partial charge is 0.508 e. The van der Waals surface area contributed by atoms with Crippen molar-refractivity contribution >= 4 is 27.5 Å². The van der Waals surface area contributed by atoms with Crippen molar-refractivity contribution in [3.8, 4) is 35.2 Å². The number of aromatic nitrogens is 2. The second-order valence-electron chi connectivity index (χ2n) is 12.7. The molecule has 4 aromatic rings. The number of alkyl halides is 1. The SMILES string of the molecule is C#Cc1c(F)ccc2cc(O)cc(-c3ccc4c(N5CCC[C@@](C)(O)C5)nc(OC[C@@]56CCCN5C[C@H](F)C6)nc4c3F)c12. The van der Waals surface area contributed by atoms with Crippen molar-refractivity contribution in [3.63, 3.8) is 0 Å². The number of halogens is 3. The molecule has 3 saturated heterocycles. The quantitative estimate of drug-likeness (QED) is 0.283. The van der Waals surface area contributed by atoms with Crippen LogP contribution in [0.2, 0.25) is 0 Å². The fourth-order valence-corrected chi connectivity index (χ4v) is 7.47. The fraction of sp³-hybridized carbons (Fsp3) is 0.412. The lowest BCUT2D eigenvalue weighted by Gasteiger charge is -2.38. The van der Waals surface area contributed by atoms with Crippen molar-refractivity contribution in [3.05, 3.63) is 53.6 Å². The molecule has 3 aromatic carbocycles. The smallest absolute Gasteiger partial charge is 0.319 e. The zero-order valence-electron chi connectivity index (χ0n) is 24.4. The van der Waals surface area contributed by atoms with Gasteiger partial charge in [0.15, 0.2) is 5.82 Å². The summed E-state index contributed by atoms with van der Waals surface area (Å²) in [5.74, 6) is 1.31. The minimum absolute atomic E-state index is 0.0292. The maximum Gasteiger partial charge on any atom is 0.319 e. The highest BCUT2D eigenvalue weighted by Gasteiger charge is 2.49. The summed E-state index contributed by atoms with van der Waals surface area (Å²) in [6.07, 6.45) is 8.16. The summed E-state index contributed by atoms with van der Waals surface area (Å²) in [5, 5.41) is 22.5. The number of phenolic OH excluding ortho intramolecular Hbond substituents is 1. The van der Waals surface area contributed by atoms with E-state index in [2.05, 4.69) is 15.8 Å². The molecule has 3 fully saturated rings. The van der Waals surface area contributed by atoms with Gasteiger partial charge in [0.2, 0.25) is 0 Å². The van der Waals surface area contributed by atoms with E-state index in [4.69, 9.17) is 16.1 Å². The van der Waals surface area contributed by atoms with Crippen LogP contribution in [-0.2, 0) is 0 Å². The standard InChI is InChI=1S/C34H33F3N4O3/c1-3-23-27(36)9-6-20-14-22(42)15-26(28(20)23)24-7-8-25-30(29(24)37)38-32(39-31(25)40-12-4-10-33(2,43)18-40)44-19-34-11-5-13-41(34)17-21(35)16-34/h1,6-9,14-15,21,42-43H,4-5,10-13,16-19H2,2H3/t21-,33-,34+/m1/s1. The monoisotopic (exact) mass is 602 g/mol. The second kappa shape index (κ2) is 10.5. The van der Waals surface area contributed by atoms with E-state index in [1.54, 1.807) is 19.1 Å². The Kier molecular flexibility index (Phi) is 6.87. The summed E-state index contributed by atoms with van der Waals surface area (Å²) < 4.78 is 52.1. The number of phenols is 1. The number of nitrogens with zero attached hydrogens (tertiary/aromatic N) is 4. The first-order valence-corrected chi connectivity index (χ1v) is 15.0. The molecule has 10 heteroatoms. The Morgan fingerprint density at radius 2 is 1.91 bits per heavy atom. The van der Waals surface area contributed by atoms with Crippen molar-refractivity contribution in [2.24, 2.45) is 0 Å². The number of β-amino-alcohol motifs (C(OH)–C–C–N with tert-alkyl or cyclic N) is 1. The number of aromatic hydroxyl groups is 1. The zero-order valence-corrected chi connectivity index (χ0v) is 24.4. The van der Waals surface area contributed by atoms with Crippen molar-refractivity contribution in [1.82, 2.24) is 14.9 Å². The van der Waals surface area contributed by atoms with Gasteiger partial charge in [-0.25, -0.2) is 13.2 Å². The van der Waals surface area contributed by atoms with Crippen LogP contribution in [0, 0.1) is 24.0 Å². The van der Waals surface area contributed by atoms with Crippen LogP contribution < -0.4 is 9.64 Å². The summed E-state index contributed by atoms with van der Waals surface area (Å²) >= 11 is 0. The molecule has 44 heavy (non-hydrogen) atoms. The van der Waals surface area contributed by atoms with Crippen LogP contribution in [-0.4, -0.2) is 75.2 Å². The molecule has 0 saturated carbocycles. The Morgan fingerprint density at radius 1 is 1.09 bits per heavy atom. The van der Waals surface area contributed by atoms with Gasteiger partial charge in [0.25, 0.3) is 0 Å². The van der Waals surface area contributed by atoms with E-state index in [0.717, 1.165) is 19.4 Å². The molecule has 0 unspecified atom stereocenters. The van der Waals surface area contributed by atoms with Gasteiger partial charge in [-0.2, -0.15) is 9.97 Å². The Morgan fingerprint density at radius 3 is 2.70 bits per heavy atom. The first-order valence-electron chi connectivity index (χ1n) is 15.0. The van der Waals surface area contributed by atoms with Crippen molar-refractivity contribution in [2.75, 3.05) is 37.7 Å². The van der Waals surface area contributed by atoms with Crippen LogP contribution >= 0.6 is 0 Å². The van der Waals surface area contributed by atoms with Gasteiger partial charge in [-0.1, -0.05) is 18.1 Å². The molecule has 2 N–H and O–H groups in total. The van der Waals surface area contributed by atoms with Gasteiger partial charge in [0.1, 0.15) is 35.7 Å². The van der Waals surface area contributed by atoms with Crippen LogP contribution in [0.5, 0.6) is 11.8 Å². The summed E-state index contributed by atoms with van der Waals surface area (Å²) in [4.78, 5) is 13.3. The zero-order chi connectivity index (χ0) is 30.8. The summed E-state index contributed by atoms with van der Waals surface area (Å²) in [6.45, 7) is 3.97. The summed E-state index contributed by atoms with van der Waals surface area (Å²) in [5.41, 5.74) is -1.20. The molecule has 0 spiro atoms. The molecule has 1 aromatic heterocycles. The third-order valence-electron chi connectivity index (χ3n) is 9.46. The average Bonchev–Trinajstić information content (AvgIpc) is 3.51. The van der Waals surface area contributed by atoms with Gasteiger partial charge in [-0.15, -0.1) is 6.42 Å². The predicted octanol–water partition coefficient (Wildman–Crippen LogP) is 5.72. The fourth-order valence-electron chi connectivity index (χ4n) is 7.47. The predicted molar refractivity (Wildman–Crippen MR) is 163 cm³/mol. The Hall–Kier alpha value is -4.07. The first kappa shape index (κ1) is 28.7. The highest BCUT2D eigenvalue weighted by Crippen LogP contribution is 2.42. The highest BCUT2D eigenvalue weighted by atomic mass is 19.1. The van der Waals surface area contributed by atoms with E-state index in [9.17, 15) is 19.0 Å². The lowest BCUT2D eigenvalue weighted by Crippen LogP contribution is -2.46. The Balaban J connectivity index is 1.39. The summed E-state index contributed by atoms with van der Waals surface area (Å²) in [7, 11) is 0. The number of terminal acetylenes is 1. The van der Waals surface area contributed by atoms with Gasteiger partial charge in [0.05, 0.1) is 16.7 Å². The molecule has 3 atom stereocenters. The molecule has 7 rings (SSSR count). The molecular weight excluding hydrogens is 569 g/mol. The number of hydrogen-bond donors (Lipinski definition) is 2. The molecule has 3 aliphatic heterocycles. The molecule has 7 nitrogen and oxygen atoms in total. The molecule has 4 heterocycles. The number of piperidine rings is 1. The Labute approximate surface area is 253 Å². The molecule has 228 valence electrons. The van der Waals surface area contributed by atoms with E-state index < -0.39 is 28.9 Å². The van der Waals surface area contributed by atoms with E-state index in [1.807, 2.05) is 4.90 Å². The lowest BCUT2D eigenvalue weighted by atomic mass is 9.92. The van der Waals surface area contributed by atoms with Crippen LogP contribution in [0.4, 0.5) is 19.0 Å². The molecule has 3 aliphatic rings. The number of fused-ring (bicyclic) bond motifs is 3. The minimum Gasteiger partial charge on any atom is -0.508 e. The third-order valence-corrected chi connectivity index (χ3v) is 9.46. The highest BCUT2D eigenvalue weighted by molar-refractivity contribution is 6.04. The topological polar surface area (TPSA) is 82.0 Å². The molecular formula is C34H33F3N4O3. The van der Waals surface area contributed by atoms with Gasteiger partial charge >= 0.3 is 6.01 Å². The number of aliphatic hydroxyl groups is 1. The lowest BCUT2D eigenvalue weighted by molar-refractivity contribution is 0.0447. The second-order valence-corrected chi connectivity index (χ2v) is 12.7. The van der Waals surface area contributed by atoms with Crippen LogP contribution in [0.25, 0.3) is 32.8 Å². The maximum absolute atomic E-state index is 16.7.